The number of para-hydroxylation sites is 1. The lowest BCUT2D eigenvalue weighted by atomic mass is 10.1. The van der Waals surface area contributed by atoms with Gasteiger partial charge in [0.25, 0.3) is 0 Å². The molecule has 2 aromatic carbocycles. The minimum Gasteiger partial charge on any atom is -0.466 e. The Morgan fingerprint density at radius 2 is 1.71 bits per heavy atom. The zero-order valence-corrected chi connectivity index (χ0v) is 15.8. The Morgan fingerprint density at radius 1 is 1.04 bits per heavy atom. The van der Waals surface area contributed by atoms with Crippen molar-refractivity contribution in [3.05, 3.63) is 95.6 Å². The Balaban J connectivity index is 1.64. The van der Waals surface area contributed by atoms with E-state index in [0.717, 1.165) is 22.5 Å². The summed E-state index contributed by atoms with van der Waals surface area (Å²) in [7, 11) is 0. The van der Waals surface area contributed by atoms with Crippen LogP contribution in [0.25, 0.3) is 16.9 Å². The average Bonchev–Trinajstić information content (AvgIpc) is 3.30. The molecule has 4 aromatic rings. The van der Waals surface area contributed by atoms with Crippen LogP contribution in [0.1, 0.15) is 27.4 Å². The zero-order valence-electron chi connectivity index (χ0n) is 15.8. The van der Waals surface area contributed by atoms with Gasteiger partial charge in [-0.1, -0.05) is 48.5 Å². The van der Waals surface area contributed by atoms with Gasteiger partial charge in [0.15, 0.2) is 0 Å². The monoisotopic (exact) mass is 372 g/mol. The highest BCUT2D eigenvalue weighted by molar-refractivity contribution is 5.90. The normalized spacial score (nSPS) is 10.8. The topological polar surface area (TPSA) is 57.3 Å². The molecule has 28 heavy (non-hydrogen) atoms. The number of hydrogen-bond acceptors (Lipinski definition) is 4. The molecule has 0 spiro atoms. The first-order valence-corrected chi connectivity index (χ1v) is 9.05. The minimum atomic E-state index is -0.402. The summed E-state index contributed by atoms with van der Waals surface area (Å²) in [5.74, 6) is 0.845. The van der Waals surface area contributed by atoms with Crippen LogP contribution in [-0.4, -0.2) is 15.7 Å². The zero-order chi connectivity index (χ0) is 19.5. The molecule has 0 aliphatic rings. The van der Waals surface area contributed by atoms with E-state index in [2.05, 4.69) is 0 Å². The lowest BCUT2D eigenvalue weighted by Crippen LogP contribution is -2.05. The largest absolute Gasteiger partial charge is 0.466 e. The summed E-state index contributed by atoms with van der Waals surface area (Å²) in [4.78, 5) is 12.5. The molecule has 5 nitrogen and oxygen atoms in total. The van der Waals surface area contributed by atoms with Crippen molar-refractivity contribution in [2.75, 3.05) is 0 Å². The van der Waals surface area contributed by atoms with E-state index in [4.69, 9.17) is 14.3 Å². The summed E-state index contributed by atoms with van der Waals surface area (Å²) in [6.45, 7) is 3.69. The maximum atomic E-state index is 12.5. The van der Waals surface area contributed by atoms with E-state index in [1.165, 1.54) is 0 Å². The molecular weight excluding hydrogens is 352 g/mol. The second-order valence-corrected chi connectivity index (χ2v) is 6.55. The van der Waals surface area contributed by atoms with Gasteiger partial charge in [-0.25, -0.2) is 9.48 Å². The van der Waals surface area contributed by atoms with Gasteiger partial charge in [-0.15, -0.1) is 0 Å². The van der Waals surface area contributed by atoms with Crippen molar-refractivity contribution in [3.8, 4) is 16.9 Å². The number of furan rings is 1. The van der Waals surface area contributed by atoms with Gasteiger partial charge in [0.05, 0.1) is 11.4 Å². The minimum absolute atomic E-state index is 0.125. The van der Waals surface area contributed by atoms with Crippen LogP contribution >= 0.6 is 0 Å². The van der Waals surface area contributed by atoms with Crippen LogP contribution in [0.3, 0.4) is 0 Å². The molecule has 0 saturated carbocycles. The number of rotatable bonds is 5. The van der Waals surface area contributed by atoms with Gasteiger partial charge in [0.2, 0.25) is 0 Å². The molecule has 0 atom stereocenters. The van der Waals surface area contributed by atoms with Crippen LogP contribution in [0.2, 0.25) is 0 Å². The molecule has 0 aliphatic heterocycles. The molecule has 5 heteroatoms. The van der Waals surface area contributed by atoms with Gasteiger partial charge < -0.3 is 9.15 Å². The number of aromatic nitrogens is 2. The van der Waals surface area contributed by atoms with Crippen molar-refractivity contribution >= 4 is 5.97 Å². The van der Waals surface area contributed by atoms with Crippen molar-refractivity contribution in [2.45, 2.75) is 20.5 Å². The van der Waals surface area contributed by atoms with Gasteiger partial charge in [0.1, 0.15) is 23.7 Å². The summed E-state index contributed by atoms with van der Waals surface area (Å²) in [5.41, 5.74) is 3.99. The number of nitrogens with zero attached hydrogens (tertiary/aromatic N) is 2. The van der Waals surface area contributed by atoms with Crippen LogP contribution in [0, 0.1) is 13.8 Å². The third kappa shape index (κ3) is 3.60. The van der Waals surface area contributed by atoms with Gasteiger partial charge in [-0.05, 0) is 32.0 Å². The molecule has 0 radical (unpaired) electrons. The molecule has 140 valence electrons. The summed E-state index contributed by atoms with van der Waals surface area (Å²) in [6, 6.07) is 21.4. The Hall–Kier alpha value is -3.60. The van der Waals surface area contributed by atoms with E-state index in [1.54, 1.807) is 24.6 Å². The van der Waals surface area contributed by atoms with E-state index in [-0.39, 0.29) is 6.61 Å². The van der Waals surface area contributed by atoms with Crippen LogP contribution in [0.5, 0.6) is 0 Å². The van der Waals surface area contributed by atoms with Gasteiger partial charge >= 0.3 is 5.97 Å². The van der Waals surface area contributed by atoms with Crippen LogP contribution in [0.15, 0.2) is 77.3 Å². The van der Waals surface area contributed by atoms with Gasteiger partial charge in [-0.3, -0.25) is 0 Å². The summed E-state index contributed by atoms with van der Waals surface area (Å²) in [5, 5.41) is 4.73. The molecule has 2 aromatic heterocycles. The number of carbonyl (C=O) groups excluding carboxylic acids is 1. The predicted octanol–water partition coefficient (Wildman–Crippen LogP) is 5.11. The molecule has 4 rings (SSSR count). The number of hydrogen-bond donors (Lipinski definition) is 0. The van der Waals surface area contributed by atoms with Crippen molar-refractivity contribution in [1.82, 2.24) is 9.78 Å². The first-order chi connectivity index (χ1) is 13.6. The molecule has 0 N–H and O–H groups in total. The fraction of sp³-hybridized carbons (Fsp3) is 0.130. The highest BCUT2D eigenvalue weighted by atomic mass is 16.5. The van der Waals surface area contributed by atoms with E-state index >= 15 is 0 Å². The van der Waals surface area contributed by atoms with E-state index in [1.807, 2.05) is 66.9 Å². The van der Waals surface area contributed by atoms with E-state index < -0.39 is 5.97 Å². The number of esters is 1. The molecule has 0 bridgehead atoms. The van der Waals surface area contributed by atoms with E-state index in [9.17, 15) is 4.79 Å². The molecular formula is C23H20N2O3. The fourth-order valence-corrected chi connectivity index (χ4v) is 3.12. The van der Waals surface area contributed by atoms with Gasteiger partial charge in [0, 0.05) is 17.3 Å². The summed E-state index contributed by atoms with van der Waals surface area (Å²) < 4.78 is 12.8. The Labute approximate surface area is 163 Å². The maximum Gasteiger partial charge on any atom is 0.342 e. The average molecular weight is 372 g/mol. The smallest absolute Gasteiger partial charge is 0.342 e. The van der Waals surface area contributed by atoms with Crippen LogP contribution < -0.4 is 0 Å². The SMILES string of the molecule is Cc1cc(C(=O)OCc2cn(-c3ccccc3)nc2-c2ccccc2)c(C)o1. The highest BCUT2D eigenvalue weighted by Crippen LogP contribution is 2.25. The third-order valence-corrected chi connectivity index (χ3v) is 4.48. The lowest BCUT2D eigenvalue weighted by molar-refractivity contribution is 0.0471. The number of aryl methyl sites for hydroxylation is 2. The predicted molar refractivity (Wildman–Crippen MR) is 106 cm³/mol. The Kier molecular flexibility index (Phi) is 4.81. The highest BCUT2D eigenvalue weighted by Gasteiger charge is 2.18. The van der Waals surface area contributed by atoms with Gasteiger partial charge in [-0.2, -0.15) is 5.10 Å². The van der Waals surface area contributed by atoms with Crippen molar-refractivity contribution in [1.29, 1.82) is 0 Å². The molecule has 2 heterocycles. The molecule has 0 unspecified atom stereocenters. The Morgan fingerprint density at radius 3 is 2.36 bits per heavy atom. The lowest BCUT2D eigenvalue weighted by Gasteiger charge is -2.04. The van der Waals surface area contributed by atoms with Crippen molar-refractivity contribution in [3.63, 3.8) is 0 Å². The quantitative estimate of drug-likeness (QED) is 0.457. The fourth-order valence-electron chi connectivity index (χ4n) is 3.12. The van der Waals surface area contributed by atoms with Crippen molar-refractivity contribution in [2.24, 2.45) is 0 Å². The Bertz CT molecular complexity index is 1100. The number of benzene rings is 2. The summed E-state index contributed by atoms with van der Waals surface area (Å²) >= 11 is 0. The molecule has 0 saturated heterocycles. The third-order valence-electron chi connectivity index (χ3n) is 4.48. The molecule has 0 aliphatic carbocycles. The second-order valence-electron chi connectivity index (χ2n) is 6.55. The first-order valence-electron chi connectivity index (χ1n) is 9.05. The van der Waals surface area contributed by atoms with Crippen LogP contribution in [-0.2, 0) is 11.3 Å². The first kappa shape index (κ1) is 17.8. The number of carbonyl (C=O) groups is 1. The maximum absolute atomic E-state index is 12.5. The molecule has 0 amide bonds. The molecule has 0 fully saturated rings. The van der Waals surface area contributed by atoms with Crippen LogP contribution in [0.4, 0.5) is 0 Å². The standard InChI is InChI=1S/C23H20N2O3/c1-16-13-21(17(2)28-16)23(26)27-15-19-14-25(20-11-7-4-8-12-20)24-22(19)18-9-5-3-6-10-18/h3-14H,15H2,1-2H3. The number of ether oxygens (including phenoxy) is 1. The summed E-state index contributed by atoms with van der Waals surface area (Å²) in [6.07, 6.45) is 1.90. The van der Waals surface area contributed by atoms with Crippen molar-refractivity contribution < 1.29 is 13.9 Å². The van der Waals surface area contributed by atoms with E-state index in [0.29, 0.717) is 17.1 Å². The second kappa shape index (κ2) is 7.56.